The maximum atomic E-state index is 6.23. The predicted molar refractivity (Wildman–Crippen MR) is 83.7 cm³/mol. The highest BCUT2D eigenvalue weighted by atomic mass is 16.7. The zero-order valence-corrected chi connectivity index (χ0v) is 13.9. The molecule has 0 aromatic heterocycles. The molecule has 0 N–H and O–H groups in total. The molecule has 3 heteroatoms. The Morgan fingerprint density at radius 1 is 0.850 bits per heavy atom. The molecule has 1 atom stereocenters. The highest BCUT2D eigenvalue weighted by Crippen LogP contribution is 2.36. The molecule has 0 aliphatic heterocycles. The molecule has 1 aromatic carbocycles. The Kier molecular flexibility index (Phi) is 6.18. The summed E-state index contributed by atoms with van der Waals surface area (Å²) in [5.41, 5.74) is 1.21. The van der Waals surface area contributed by atoms with E-state index in [1.165, 1.54) is 5.56 Å². The van der Waals surface area contributed by atoms with Crippen molar-refractivity contribution in [2.24, 2.45) is 0 Å². The molecule has 20 heavy (non-hydrogen) atoms. The zero-order valence-electron chi connectivity index (χ0n) is 13.9. The average molecular weight is 279 g/mol. The fraction of sp³-hybridized carbons (Fsp3) is 0.647. The lowest BCUT2D eigenvalue weighted by molar-refractivity contribution is -0.342. The van der Waals surface area contributed by atoms with Crippen molar-refractivity contribution < 1.29 is 9.47 Å². The minimum Gasteiger partial charge on any atom is -0.334 e. The van der Waals surface area contributed by atoms with E-state index in [4.69, 9.17) is 9.47 Å². The van der Waals surface area contributed by atoms with Crippen molar-refractivity contribution >= 4 is 0 Å². The van der Waals surface area contributed by atoms with Crippen LogP contribution in [0, 0.1) is 0 Å². The first-order valence-corrected chi connectivity index (χ1v) is 7.37. The summed E-state index contributed by atoms with van der Waals surface area (Å²) in [6.07, 6.45) is 0.171. The summed E-state index contributed by atoms with van der Waals surface area (Å²) in [6, 6.07) is 10.4. The molecule has 0 amide bonds. The van der Waals surface area contributed by atoms with E-state index >= 15 is 0 Å². The van der Waals surface area contributed by atoms with Crippen molar-refractivity contribution in [1.82, 2.24) is 4.90 Å². The van der Waals surface area contributed by atoms with E-state index in [0.717, 1.165) is 0 Å². The van der Waals surface area contributed by atoms with Crippen LogP contribution in [0.1, 0.15) is 46.1 Å². The molecule has 3 nitrogen and oxygen atoms in total. The largest absolute Gasteiger partial charge is 0.334 e. The Balaban J connectivity index is 3.19. The molecular weight excluding hydrogens is 250 g/mol. The molecule has 0 bridgehead atoms. The van der Waals surface area contributed by atoms with Gasteiger partial charge in [-0.3, -0.25) is 4.90 Å². The average Bonchev–Trinajstić information content (AvgIpc) is 2.36. The van der Waals surface area contributed by atoms with Gasteiger partial charge in [0, 0.05) is 0 Å². The van der Waals surface area contributed by atoms with Crippen LogP contribution in [0.25, 0.3) is 0 Å². The molecule has 1 unspecified atom stereocenters. The summed E-state index contributed by atoms with van der Waals surface area (Å²) in [5.74, 6) is -0.660. The highest BCUT2D eigenvalue weighted by molar-refractivity contribution is 5.21. The van der Waals surface area contributed by atoms with Gasteiger partial charge in [-0.1, -0.05) is 37.3 Å². The number of likely N-dealkylation sites (N-methyl/N-ethyl adjacent to an activating group) is 1. The zero-order chi connectivity index (χ0) is 15.3. The lowest BCUT2D eigenvalue weighted by atomic mass is 9.96. The van der Waals surface area contributed by atoms with E-state index in [0.29, 0.717) is 0 Å². The van der Waals surface area contributed by atoms with Crippen molar-refractivity contribution in [3.8, 4) is 0 Å². The normalized spacial score (nSPS) is 14.3. The molecule has 0 saturated heterocycles. The third kappa shape index (κ3) is 4.05. The van der Waals surface area contributed by atoms with Crippen LogP contribution in [0.15, 0.2) is 30.3 Å². The quantitative estimate of drug-likeness (QED) is 0.708. The molecule has 1 rings (SSSR count). The van der Waals surface area contributed by atoms with Crippen molar-refractivity contribution in [3.05, 3.63) is 35.9 Å². The summed E-state index contributed by atoms with van der Waals surface area (Å²) in [5, 5.41) is 0. The van der Waals surface area contributed by atoms with Gasteiger partial charge >= 0.3 is 0 Å². The lowest BCUT2D eigenvalue weighted by Gasteiger charge is -2.45. The van der Waals surface area contributed by atoms with E-state index in [2.05, 4.69) is 31.2 Å². The Morgan fingerprint density at radius 3 is 1.65 bits per heavy atom. The second-order valence-corrected chi connectivity index (χ2v) is 5.99. The Hall–Kier alpha value is -0.900. The maximum Gasteiger partial charge on any atom is 0.236 e. The molecule has 0 spiro atoms. The lowest BCUT2D eigenvalue weighted by Crippen LogP contribution is -2.55. The van der Waals surface area contributed by atoms with E-state index in [9.17, 15) is 0 Å². The van der Waals surface area contributed by atoms with Gasteiger partial charge in [-0.2, -0.15) is 0 Å². The van der Waals surface area contributed by atoms with Gasteiger partial charge in [-0.25, -0.2) is 0 Å². The van der Waals surface area contributed by atoms with Gasteiger partial charge in [0.25, 0.3) is 0 Å². The molecule has 0 heterocycles. The molecule has 1 aromatic rings. The number of nitrogens with zero attached hydrogens (tertiary/aromatic N) is 1. The monoisotopic (exact) mass is 279 g/mol. The molecule has 114 valence electrons. The van der Waals surface area contributed by atoms with E-state index in [1.54, 1.807) is 0 Å². The number of hydrogen-bond donors (Lipinski definition) is 0. The van der Waals surface area contributed by atoms with Gasteiger partial charge in [0.15, 0.2) is 0 Å². The van der Waals surface area contributed by atoms with Gasteiger partial charge in [-0.05, 0) is 47.4 Å². The van der Waals surface area contributed by atoms with Crippen LogP contribution in [0.5, 0.6) is 0 Å². The van der Waals surface area contributed by atoms with Crippen molar-refractivity contribution in [3.63, 3.8) is 0 Å². The van der Waals surface area contributed by atoms with Gasteiger partial charge in [0.2, 0.25) is 5.91 Å². The predicted octanol–water partition coefficient (Wildman–Crippen LogP) is 3.86. The summed E-state index contributed by atoms with van der Waals surface area (Å²) in [4.78, 5) is 2.03. The molecule has 0 aliphatic rings. The fourth-order valence-corrected chi connectivity index (χ4v) is 2.46. The maximum absolute atomic E-state index is 6.23. The van der Waals surface area contributed by atoms with Gasteiger partial charge in [0.1, 0.15) is 0 Å². The van der Waals surface area contributed by atoms with Crippen LogP contribution in [-0.2, 0) is 9.47 Å². The Bertz CT molecular complexity index is 377. The smallest absolute Gasteiger partial charge is 0.236 e. The van der Waals surface area contributed by atoms with Crippen LogP contribution >= 0.6 is 0 Å². The van der Waals surface area contributed by atoms with E-state index < -0.39 is 5.91 Å². The van der Waals surface area contributed by atoms with Crippen LogP contribution in [-0.4, -0.2) is 37.1 Å². The van der Waals surface area contributed by atoms with Crippen molar-refractivity contribution in [1.29, 1.82) is 0 Å². The van der Waals surface area contributed by atoms with E-state index in [1.807, 2.05) is 52.8 Å². The topological polar surface area (TPSA) is 21.7 Å². The fourth-order valence-electron chi connectivity index (χ4n) is 2.46. The SMILES string of the molecule is CC(C)OC(OC(C)C)(C(C)c1ccccc1)N(C)C. The molecular formula is C17H29NO2. The second-order valence-electron chi connectivity index (χ2n) is 5.99. The summed E-state index contributed by atoms with van der Waals surface area (Å²) < 4.78 is 12.5. The van der Waals surface area contributed by atoms with Gasteiger partial charge < -0.3 is 9.47 Å². The number of rotatable bonds is 7. The van der Waals surface area contributed by atoms with Crippen molar-refractivity contribution in [2.75, 3.05) is 14.1 Å². The minimum absolute atomic E-state index is 0.0855. The number of benzene rings is 1. The summed E-state index contributed by atoms with van der Waals surface area (Å²) in [6.45, 7) is 10.3. The number of ether oxygens (including phenoxy) is 2. The Labute approximate surface area is 123 Å². The first-order chi connectivity index (χ1) is 9.29. The highest BCUT2D eigenvalue weighted by Gasteiger charge is 2.43. The Morgan fingerprint density at radius 2 is 1.30 bits per heavy atom. The second kappa shape index (κ2) is 7.21. The van der Waals surface area contributed by atoms with Crippen molar-refractivity contribution in [2.45, 2.75) is 58.7 Å². The minimum atomic E-state index is -0.760. The first kappa shape index (κ1) is 17.2. The molecule has 0 saturated carbocycles. The first-order valence-electron chi connectivity index (χ1n) is 7.37. The third-order valence-electron chi connectivity index (χ3n) is 3.28. The van der Waals surface area contributed by atoms with Gasteiger partial charge in [0.05, 0.1) is 18.1 Å². The molecule has 0 aliphatic carbocycles. The standard InChI is InChI=1S/C17H29NO2/c1-13(2)19-17(18(6)7,20-14(3)4)15(5)16-11-9-8-10-12-16/h8-15H,1-7H3. The van der Waals surface area contributed by atoms with Crippen LogP contribution in [0.2, 0.25) is 0 Å². The number of hydrogen-bond acceptors (Lipinski definition) is 3. The van der Waals surface area contributed by atoms with Crippen LogP contribution in [0.3, 0.4) is 0 Å². The van der Waals surface area contributed by atoms with Gasteiger partial charge in [-0.15, -0.1) is 0 Å². The third-order valence-corrected chi connectivity index (χ3v) is 3.28. The summed E-state index contributed by atoms with van der Waals surface area (Å²) >= 11 is 0. The molecule has 0 radical (unpaired) electrons. The molecule has 0 fully saturated rings. The van der Waals surface area contributed by atoms with Crippen LogP contribution < -0.4 is 0 Å². The van der Waals surface area contributed by atoms with E-state index in [-0.39, 0.29) is 18.1 Å². The summed E-state index contributed by atoms with van der Waals surface area (Å²) in [7, 11) is 4.01. The van der Waals surface area contributed by atoms with Crippen LogP contribution in [0.4, 0.5) is 0 Å².